The van der Waals surface area contributed by atoms with Gasteiger partial charge in [-0.3, -0.25) is 9.59 Å². The molecule has 2 heteroatoms. The zero-order chi connectivity index (χ0) is 14.7. The highest BCUT2D eigenvalue weighted by molar-refractivity contribution is 5.95. The van der Waals surface area contributed by atoms with Crippen LogP contribution >= 0.6 is 0 Å². The van der Waals surface area contributed by atoms with Gasteiger partial charge in [-0.25, -0.2) is 0 Å². The molecule has 1 fully saturated rings. The van der Waals surface area contributed by atoms with E-state index in [9.17, 15) is 9.59 Å². The third-order valence-electron chi connectivity index (χ3n) is 4.79. The van der Waals surface area contributed by atoms with Gasteiger partial charge in [0, 0.05) is 11.8 Å². The maximum Gasteiger partial charge on any atom is 0.161 e. The minimum Gasteiger partial charge on any atom is -0.295 e. The Bertz CT molecular complexity index is 409. The van der Waals surface area contributed by atoms with Crippen molar-refractivity contribution in [2.24, 2.45) is 16.7 Å². The second-order valence-corrected chi connectivity index (χ2v) is 6.50. The summed E-state index contributed by atoms with van der Waals surface area (Å²) >= 11 is 0. The molecule has 0 aromatic rings. The van der Waals surface area contributed by atoms with Crippen LogP contribution in [0.15, 0.2) is 24.3 Å². The molecule has 0 aromatic heterocycles. The molecule has 0 heterocycles. The number of carbonyl (C=O) groups excluding carboxylic acids is 2. The van der Waals surface area contributed by atoms with Crippen LogP contribution in [0.5, 0.6) is 0 Å². The Morgan fingerprint density at radius 1 is 1.21 bits per heavy atom. The van der Waals surface area contributed by atoms with E-state index in [0.29, 0.717) is 17.8 Å². The highest BCUT2D eigenvalue weighted by atomic mass is 16.1. The third kappa shape index (κ3) is 3.89. The molecule has 0 N–H and O–H groups in total. The number of carbonyl (C=O) groups is 2. The lowest BCUT2D eigenvalue weighted by atomic mass is 9.69. The average molecular weight is 262 g/mol. The molecule has 1 rings (SSSR count). The van der Waals surface area contributed by atoms with E-state index in [0.717, 1.165) is 0 Å². The summed E-state index contributed by atoms with van der Waals surface area (Å²) in [4.78, 5) is 23.4. The first kappa shape index (κ1) is 15.9. The van der Waals surface area contributed by atoms with Crippen LogP contribution in [0.4, 0.5) is 0 Å². The SMILES string of the molecule is CCC(=O)C=CC=CC(=O)C(C)(C)C(C)C1(C)CC1. The quantitative estimate of drug-likeness (QED) is 0.511. The van der Waals surface area contributed by atoms with Crippen molar-refractivity contribution < 1.29 is 9.59 Å². The Balaban J connectivity index is 2.63. The van der Waals surface area contributed by atoms with Crippen LogP contribution in [0, 0.1) is 16.7 Å². The number of hydrogen-bond acceptors (Lipinski definition) is 2. The fraction of sp³-hybridized carbons (Fsp3) is 0.647. The molecule has 1 saturated carbocycles. The van der Waals surface area contributed by atoms with Gasteiger partial charge in [0.2, 0.25) is 0 Å². The van der Waals surface area contributed by atoms with Crippen molar-refractivity contribution in [1.82, 2.24) is 0 Å². The lowest BCUT2D eigenvalue weighted by Crippen LogP contribution is -2.34. The molecule has 0 bridgehead atoms. The van der Waals surface area contributed by atoms with Gasteiger partial charge in [0.1, 0.15) is 0 Å². The lowest BCUT2D eigenvalue weighted by Gasteiger charge is -2.34. The minimum atomic E-state index is -0.343. The normalized spacial score (nSPS) is 19.8. The Kier molecular flexibility index (Phi) is 4.89. The van der Waals surface area contributed by atoms with E-state index >= 15 is 0 Å². The van der Waals surface area contributed by atoms with Crippen molar-refractivity contribution in [2.75, 3.05) is 0 Å². The summed E-state index contributed by atoms with van der Waals surface area (Å²) in [7, 11) is 0. The van der Waals surface area contributed by atoms with E-state index in [1.807, 2.05) is 20.8 Å². The van der Waals surface area contributed by atoms with Crippen LogP contribution in [0.1, 0.15) is 53.9 Å². The maximum absolute atomic E-state index is 12.3. The summed E-state index contributed by atoms with van der Waals surface area (Å²) in [5, 5.41) is 0. The standard InChI is InChI=1S/C17H26O2/c1-6-14(18)9-7-8-10-15(19)16(3,4)13(2)17(5)11-12-17/h7-10,13H,6,11-12H2,1-5H3. The van der Waals surface area contributed by atoms with E-state index in [2.05, 4.69) is 13.8 Å². The van der Waals surface area contributed by atoms with Gasteiger partial charge in [-0.05, 0) is 36.3 Å². The molecule has 106 valence electrons. The molecule has 0 spiro atoms. The van der Waals surface area contributed by atoms with Gasteiger partial charge in [0.25, 0.3) is 0 Å². The first-order valence-corrected chi connectivity index (χ1v) is 7.16. The van der Waals surface area contributed by atoms with Crippen LogP contribution in [0.3, 0.4) is 0 Å². The summed E-state index contributed by atoms with van der Waals surface area (Å²) in [5.74, 6) is 0.593. The monoisotopic (exact) mass is 262 g/mol. The predicted octanol–water partition coefficient (Wildman–Crippen LogP) is 4.11. The topological polar surface area (TPSA) is 34.1 Å². The summed E-state index contributed by atoms with van der Waals surface area (Å²) in [5.41, 5.74) is -0.00856. The first-order chi connectivity index (χ1) is 8.74. The third-order valence-corrected chi connectivity index (χ3v) is 4.79. The van der Waals surface area contributed by atoms with Gasteiger partial charge in [0.15, 0.2) is 11.6 Å². The molecule has 0 saturated heterocycles. The Morgan fingerprint density at radius 3 is 2.21 bits per heavy atom. The molecule has 0 radical (unpaired) electrons. The summed E-state index contributed by atoms with van der Waals surface area (Å²) < 4.78 is 0. The van der Waals surface area contributed by atoms with Gasteiger partial charge < -0.3 is 0 Å². The van der Waals surface area contributed by atoms with Crippen molar-refractivity contribution in [3.63, 3.8) is 0 Å². The van der Waals surface area contributed by atoms with E-state index in [4.69, 9.17) is 0 Å². The van der Waals surface area contributed by atoms with Crippen LogP contribution in [0.25, 0.3) is 0 Å². The molecule has 1 unspecified atom stereocenters. The van der Waals surface area contributed by atoms with Crippen LogP contribution in [-0.4, -0.2) is 11.6 Å². The fourth-order valence-corrected chi connectivity index (χ4v) is 2.35. The molecule has 1 atom stereocenters. The molecule has 1 aliphatic rings. The van der Waals surface area contributed by atoms with Gasteiger partial charge in [0.05, 0.1) is 0 Å². The van der Waals surface area contributed by atoms with Crippen molar-refractivity contribution >= 4 is 11.6 Å². The Morgan fingerprint density at radius 2 is 1.74 bits per heavy atom. The molecule has 2 nitrogen and oxygen atoms in total. The van der Waals surface area contributed by atoms with Crippen molar-refractivity contribution in [2.45, 2.75) is 53.9 Å². The predicted molar refractivity (Wildman–Crippen MR) is 78.9 cm³/mol. The Labute approximate surface area is 117 Å². The zero-order valence-electron chi connectivity index (χ0n) is 12.8. The molecular weight excluding hydrogens is 236 g/mol. The summed E-state index contributed by atoms with van der Waals surface area (Å²) in [6.07, 6.45) is 9.39. The van der Waals surface area contributed by atoms with Crippen LogP contribution in [-0.2, 0) is 9.59 Å². The second kappa shape index (κ2) is 5.85. The molecule has 0 amide bonds. The van der Waals surface area contributed by atoms with Gasteiger partial charge >= 0.3 is 0 Å². The average Bonchev–Trinajstić information content (AvgIpc) is 3.12. The van der Waals surface area contributed by atoms with Crippen molar-refractivity contribution in [3.05, 3.63) is 24.3 Å². The second-order valence-electron chi connectivity index (χ2n) is 6.50. The van der Waals surface area contributed by atoms with E-state index in [1.54, 1.807) is 18.2 Å². The number of ketones is 2. The van der Waals surface area contributed by atoms with E-state index < -0.39 is 0 Å². The van der Waals surface area contributed by atoms with Gasteiger partial charge in [-0.15, -0.1) is 0 Å². The molecule has 19 heavy (non-hydrogen) atoms. The van der Waals surface area contributed by atoms with Crippen LogP contribution < -0.4 is 0 Å². The fourth-order valence-electron chi connectivity index (χ4n) is 2.35. The highest BCUT2D eigenvalue weighted by Crippen LogP contribution is 2.57. The Hall–Kier alpha value is -1.18. The molecule has 1 aliphatic carbocycles. The van der Waals surface area contributed by atoms with E-state index in [1.165, 1.54) is 18.9 Å². The smallest absolute Gasteiger partial charge is 0.161 e. The number of hydrogen-bond donors (Lipinski definition) is 0. The first-order valence-electron chi connectivity index (χ1n) is 7.16. The lowest BCUT2D eigenvalue weighted by molar-refractivity contribution is -0.125. The number of allylic oxidation sites excluding steroid dienone is 4. The highest BCUT2D eigenvalue weighted by Gasteiger charge is 2.50. The molecule has 0 aliphatic heterocycles. The van der Waals surface area contributed by atoms with E-state index in [-0.39, 0.29) is 17.0 Å². The summed E-state index contributed by atoms with van der Waals surface area (Å²) in [6.45, 7) is 10.3. The van der Waals surface area contributed by atoms with Gasteiger partial charge in [-0.2, -0.15) is 0 Å². The maximum atomic E-state index is 12.3. The largest absolute Gasteiger partial charge is 0.295 e. The van der Waals surface area contributed by atoms with Gasteiger partial charge in [-0.1, -0.05) is 46.8 Å². The molecule has 0 aromatic carbocycles. The van der Waals surface area contributed by atoms with Crippen molar-refractivity contribution in [3.8, 4) is 0 Å². The van der Waals surface area contributed by atoms with Crippen molar-refractivity contribution in [1.29, 1.82) is 0 Å². The zero-order valence-corrected chi connectivity index (χ0v) is 12.8. The molecular formula is C17H26O2. The summed E-state index contributed by atoms with van der Waals surface area (Å²) in [6, 6.07) is 0. The number of rotatable bonds is 7. The minimum absolute atomic E-state index is 0.0789. The van der Waals surface area contributed by atoms with Crippen LogP contribution in [0.2, 0.25) is 0 Å².